The molecule has 0 unspecified atom stereocenters. The summed E-state index contributed by atoms with van der Waals surface area (Å²) in [5, 5.41) is 3.11. The second-order valence-corrected chi connectivity index (χ2v) is 12.7. The van der Waals surface area contributed by atoms with Gasteiger partial charge in [0, 0.05) is 37.4 Å². The van der Waals surface area contributed by atoms with Gasteiger partial charge in [-0.05, 0) is 39.8 Å². The molecular weight excluding hydrogens is 527 g/mol. The van der Waals surface area contributed by atoms with Gasteiger partial charge in [-0.1, -0.05) is 78.9 Å². The molecule has 7 heteroatoms. The summed E-state index contributed by atoms with van der Waals surface area (Å²) in [7, 11) is -0.526. The van der Waals surface area contributed by atoms with Crippen LogP contribution in [0.3, 0.4) is 0 Å². The third-order valence-electron chi connectivity index (χ3n) is 8.57. The van der Waals surface area contributed by atoms with Crippen molar-refractivity contribution in [2.45, 2.75) is 38.9 Å². The van der Waals surface area contributed by atoms with Gasteiger partial charge < -0.3 is 13.7 Å². The largest absolute Gasteiger partial charge is 0.498 e. The summed E-state index contributed by atoms with van der Waals surface area (Å²) in [4.78, 5) is 10.4. The molecule has 3 aromatic heterocycles. The Bertz CT molecular complexity index is 2120. The fraction of sp³-hybridized carbons (Fsp3) is 0.176. The van der Waals surface area contributed by atoms with E-state index in [1.807, 2.05) is 30.3 Å². The van der Waals surface area contributed by atoms with Gasteiger partial charge in [-0.3, -0.25) is 0 Å². The van der Waals surface area contributed by atoms with Crippen LogP contribution in [0.5, 0.6) is 0 Å². The highest BCUT2D eigenvalue weighted by molar-refractivity contribution is 7.26. The van der Waals surface area contributed by atoms with Crippen LogP contribution in [0.15, 0.2) is 95.4 Å². The van der Waals surface area contributed by atoms with Crippen molar-refractivity contribution in [2.24, 2.45) is 0 Å². The number of nitrogens with zero attached hydrogens (tertiary/aromatic N) is 2. The van der Waals surface area contributed by atoms with Crippen molar-refractivity contribution < 1.29 is 13.7 Å². The lowest BCUT2D eigenvalue weighted by atomic mass is 9.78. The standard InChI is InChI=1S/C34H27BN2O3S/c1-33(2)34(3,4)40-35(39-33)24-17-10-15-22-27-23(16-11-18-25(27)38-30(22)24)32-36-28(20-12-6-5-7-13-20)31-29(37-32)21-14-8-9-19-26(21)41-31/h5-19H,1-4H3. The van der Waals surface area contributed by atoms with Crippen LogP contribution in [0.2, 0.25) is 0 Å². The summed E-state index contributed by atoms with van der Waals surface area (Å²) in [6, 6.07) is 31.1. The molecule has 0 bridgehead atoms. The molecule has 0 amide bonds. The summed E-state index contributed by atoms with van der Waals surface area (Å²) < 4.78 is 21.6. The van der Waals surface area contributed by atoms with E-state index >= 15 is 0 Å². The maximum absolute atomic E-state index is 6.54. The van der Waals surface area contributed by atoms with Crippen LogP contribution in [-0.4, -0.2) is 28.3 Å². The number of thiophene rings is 1. The minimum absolute atomic E-state index is 0.447. The molecule has 7 aromatic rings. The van der Waals surface area contributed by atoms with Crippen LogP contribution in [-0.2, 0) is 9.31 Å². The minimum Gasteiger partial charge on any atom is -0.456 e. The fourth-order valence-electron chi connectivity index (χ4n) is 5.71. The molecule has 41 heavy (non-hydrogen) atoms. The average molecular weight is 554 g/mol. The fourth-order valence-corrected chi connectivity index (χ4v) is 6.87. The van der Waals surface area contributed by atoms with Gasteiger partial charge >= 0.3 is 7.12 Å². The number of para-hydroxylation sites is 1. The molecule has 200 valence electrons. The molecule has 0 atom stereocenters. The predicted octanol–water partition coefficient (Wildman–Crippen LogP) is 8.38. The van der Waals surface area contributed by atoms with Crippen LogP contribution in [0.1, 0.15) is 27.7 Å². The van der Waals surface area contributed by atoms with Gasteiger partial charge in [0.15, 0.2) is 5.82 Å². The molecular formula is C34H27BN2O3S. The quantitative estimate of drug-likeness (QED) is 0.205. The number of furan rings is 1. The lowest BCUT2D eigenvalue weighted by Gasteiger charge is -2.32. The Morgan fingerprint density at radius 3 is 2.22 bits per heavy atom. The number of hydrogen-bond acceptors (Lipinski definition) is 6. The van der Waals surface area contributed by atoms with Gasteiger partial charge in [0.1, 0.15) is 11.2 Å². The molecule has 4 aromatic carbocycles. The Labute approximate surface area is 241 Å². The molecule has 4 heterocycles. The SMILES string of the molecule is CC1(C)OB(c2cccc3c2oc2cccc(-c4nc(-c5ccccc5)c5sc6ccccc6c5n4)c23)OC1(C)C. The molecule has 0 N–H and O–H groups in total. The molecule has 0 saturated carbocycles. The van der Waals surface area contributed by atoms with Crippen molar-refractivity contribution in [2.75, 3.05) is 0 Å². The molecule has 8 rings (SSSR count). The number of fused-ring (bicyclic) bond motifs is 6. The number of benzene rings is 4. The van der Waals surface area contributed by atoms with E-state index in [9.17, 15) is 0 Å². The van der Waals surface area contributed by atoms with E-state index < -0.39 is 18.3 Å². The number of hydrogen-bond donors (Lipinski definition) is 0. The van der Waals surface area contributed by atoms with E-state index in [4.69, 9.17) is 23.7 Å². The monoisotopic (exact) mass is 554 g/mol. The van der Waals surface area contributed by atoms with Crippen molar-refractivity contribution in [3.8, 4) is 22.6 Å². The zero-order chi connectivity index (χ0) is 27.9. The smallest absolute Gasteiger partial charge is 0.456 e. The Morgan fingerprint density at radius 2 is 1.41 bits per heavy atom. The normalized spacial score (nSPS) is 16.4. The summed E-state index contributed by atoms with van der Waals surface area (Å²) in [5.41, 5.74) is 5.44. The Kier molecular flexibility index (Phi) is 5.27. The van der Waals surface area contributed by atoms with Gasteiger partial charge in [0.2, 0.25) is 0 Å². The first-order valence-corrected chi connectivity index (χ1v) is 14.7. The molecule has 1 aliphatic rings. The number of aromatic nitrogens is 2. The highest BCUT2D eigenvalue weighted by Gasteiger charge is 2.52. The van der Waals surface area contributed by atoms with E-state index in [1.54, 1.807) is 11.3 Å². The molecule has 0 radical (unpaired) electrons. The topological polar surface area (TPSA) is 57.4 Å². The Hall–Kier alpha value is -4.04. The lowest BCUT2D eigenvalue weighted by molar-refractivity contribution is 0.00578. The summed E-state index contributed by atoms with van der Waals surface area (Å²) in [5.74, 6) is 0.675. The van der Waals surface area contributed by atoms with Gasteiger partial charge in [-0.25, -0.2) is 9.97 Å². The molecule has 1 aliphatic heterocycles. The van der Waals surface area contributed by atoms with Crippen molar-refractivity contribution in [3.63, 3.8) is 0 Å². The predicted molar refractivity (Wildman–Crippen MR) is 169 cm³/mol. The van der Waals surface area contributed by atoms with Crippen molar-refractivity contribution in [3.05, 3.63) is 91.0 Å². The highest BCUT2D eigenvalue weighted by Crippen LogP contribution is 2.42. The van der Waals surface area contributed by atoms with Gasteiger partial charge in [-0.15, -0.1) is 11.3 Å². The molecule has 1 saturated heterocycles. The third-order valence-corrected chi connectivity index (χ3v) is 9.73. The average Bonchev–Trinajstić information content (AvgIpc) is 3.61. The second kappa shape index (κ2) is 8.73. The first kappa shape index (κ1) is 24.7. The van der Waals surface area contributed by atoms with Crippen LogP contribution >= 0.6 is 11.3 Å². The van der Waals surface area contributed by atoms with E-state index in [1.165, 1.54) is 4.70 Å². The minimum atomic E-state index is -0.526. The highest BCUT2D eigenvalue weighted by atomic mass is 32.1. The number of rotatable bonds is 3. The van der Waals surface area contributed by atoms with Gasteiger partial charge in [-0.2, -0.15) is 0 Å². The maximum Gasteiger partial charge on any atom is 0.498 e. The van der Waals surface area contributed by atoms with E-state index in [2.05, 4.69) is 88.4 Å². The first-order chi connectivity index (χ1) is 19.8. The molecule has 5 nitrogen and oxygen atoms in total. The molecule has 0 spiro atoms. The van der Waals surface area contributed by atoms with Crippen molar-refractivity contribution in [1.82, 2.24) is 9.97 Å². The van der Waals surface area contributed by atoms with Crippen molar-refractivity contribution in [1.29, 1.82) is 0 Å². The van der Waals surface area contributed by atoms with Crippen LogP contribution in [0, 0.1) is 0 Å². The van der Waals surface area contributed by atoms with Crippen LogP contribution < -0.4 is 5.46 Å². The van der Waals surface area contributed by atoms with Gasteiger partial charge in [0.25, 0.3) is 0 Å². The zero-order valence-corrected chi connectivity index (χ0v) is 24.1. The van der Waals surface area contributed by atoms with Crippen molar-refractivity contribution >= 4 is 66.2 Å². The van der Waals surface area contributed by atoms with Crippen LogP contribution in [0.4, 0.5) is 0 Å². The first-order valence-electron chi connectivity index (χ1n) is 13.9. The Balaban J connectivity index is 1.39. The lowest BCUT2D eigenvalue weighted by Crippen LogP contribution is -2.41. The molecule has 0 aliphatic carbocycles. The van der Waals surface area contributed by atoms with E-state index in [0.29, 0.717) is 5.82 Å². The second-order valence-electron chi connectivity index (χ2n) is 11.6. The summed E-state index contributed by atoms with van der Waals surface area (Å²) in [6.07, 6.45) is 0. The molecule has 1 fully saturated rings. The third kappa shape index (κ3) is 3.70. The summed E-state index contributed by atoms with van der Waals surface area (Å²) in [6.45, 7) is 8.26. The zero-order valence-electron chi connectivity index (χ0n) is 23.3. The Morgan fingerprint density at radius 1 is 0.707 bits per heavy atom. The van der Waals surface area contributed by atoms with E-state index in [0.717, 1.165) is 59.8 Å². The maximum atomic E-state index is 6.54. The van der Waals surface area contributed by atoms with Gasteiger partial charge in [0.05, 0.1) is 27.1 Å². The van der Waals surface area contributed by atoms with Crippen LogP contribution in [0.25, 0.3) is 64.9 Å². The summed E-state index contributed by atoms with van der Waals surface area (Å²) >= 11 is 1.74. The van der Waals surface area contributed by atoms with E-state index in [-0.39, 0.29) is 0 Å².